The first kappa shape index (κ1) is 11.1. The van der Waals surface area contributed by atoms with E-state index >= 15 is 0 Å². The molecule has 0 saturated carbocycles. The molecule has 7 heteroatoms. The van der Waals surface area contributed by atoms with Gasteiger partial charge in [-0.05, 0) is 35.5 Å². The van der Waals surface area contributed by atoms with E-state index < -0.39 is 0 Å². The summed E-state index contributed by atoms with van der Waals surface area (Å²) < 4.78 is 0. The zero-order valence-electron chi connectivity index (χ0n) is 8.57. The van der Waals surface area contributed by atoms with Gasteiger partial charge in [0.15, 0.2) is 0 Å². The molecule has 0 aliphatic carbocycles. The van der Waals surface area contributed by atoms with E-state index in [1.807, 2.05) is 5.38 Å². The third kappa shape index (κ3) is 2.59. The van der Waals surface area contributed by atoms with Crippen LogP contribution in [0.25, 0.3) is 0 Å². The highest BCUT2D eigenvalue weighted by Gasteiger charge is 2.04. The Morgan fingerprint density at radius 2 is 2.25 bits per heavy atom. The van der Waals surface area contributed by atoms with Crippen LogP contribution in [-0.4, -0.2) is 15.0 Å². The lowest BCUT2D eigenvalue weighted by Crippen LogP contribution is -2.06. The Morgan fingerprint density at radius 3 is 2.88 bits per heavy atom. The summed E-state index contributed by atoms with van der Waals surface area (Å²) in [5, 5.41) is 5.19. The Hall–Kier alpha value is -1.40. The molecule has 0 aliphatic heterocycles. The smallest absolute Gasteiger partial charge is 0.229 e. The minimum atomic E-state index is 0.0953. The maximum atomic E-state index is 5.66. The minimum Gasteiger partial charge on any atom is -0.368 e. The summed E-state index contributed by atoms with van der Waals surface area (Å²) in [6, 6.07) is 2.07. The van der Waals surface area contributed by atoms with E-state index in [0.29, 0.717) is 12.5 Å². The lowest BCUT2D eigenvalue weighted by atomic mass is 10.3. The van der Waals surface area contributed by atoms with Gasteiger partial charge in [0.25, 0.3) is 0 Å². The molecule has 0 aliphatic rings. The molecule has 0 spiro atoms. The first-order chi connectivity index (χ1) is 7.65. The number of anilines is 2. The highest BCUT2D eigenvalue weighted by Crippen LogP contribution is 2.16. The number of nitrogens with zero attached hydrogens (tertiary/aromatic N) is 3. The van der Waals surface area contributed by atoms with Gasteiger partial charge in [-0.3, -0.25) is 0 Å². The Morgan fingerprint density at radius 1 is 1.44 bits per heavy atom. The van der Waals surface area contributed by atoms with E-state index in [0.717, 1.165) is 0 Å². The molecule has 0 saturated heterocycles. The molecule has 2 rings (SSSR count). The Bertz CT molecular complexity index is 478. The maximum absolute atomic E-state index is 5.66. The lowest BCUT2D eigenvalue weighted by Gasteiger charge is -2.04. The molecule has 0 aromatic carbocycles. The Kier molecular flexibility index (Phi) is 3.21. The van der Waals surface area contributed by atoms with Gasteiger partial charge in [-0.25, -0.2) is 0 Å². The van der Waals surface area contributed by atoms with Crippen LogP contribution in [0.1, 0.15) is 10.4 Å². The van der Waals surface area contributed by atoms with Crippen LogP contribution in [0.4, 0.5) is 11.9 Å². The number of rotatable bonds is 3. The molecule has 0 radical (unpaired) electrons. The van der Waals surface area contributed by atoms with Crippen molar-refractivity contribution in [1.29, 1.82) is 0 Å². The zero-order chi connectivity index (χ0) is 11.5. The fourth-order valence-corrected chi connectivity index (χ4v) is 2.20. The van der Waals surface area contributed by atoms with Gasteiger partial charge in [0.1, 0.15) is 0 Å². The van der Waals surface area contributed by atoms with E-state index in [-0.39, 0.29) is 11.2 Å². The summed E-state index contributed by atoms with van der Waals surface area (Å²) in [5.74, 6) is 0.510. The maximum Gasteiger partial charge on any atom is 0.229 e. The zero-order valence-corrected chi connectivity index (χ0v) is 10.1. The van der Waals surface area contributed by atoms with Crippen molar-refractivity contribution in [3.05, 3.63) is 27.2 Å². The van der Waals surface area contributed by atoms with E-state index in [1.54, 1.807) is 11.3 Å². The number of hydrogen-bond donors (Lipinski definition) is 2. The van der Waals surface area contributed by atoms with Gasteiger partial charge in [0.05, 0.1) is 6.54 Å². The Labute approximate surface area is 102 Å². The molecule has 2 heterocycles. The summed E-state index contributed by atoms with van der Waals surface area (Å²) in [7, 11) is 0. The van der Waals surface area contributed by atoms with Gasteiger partial charge in [-0.2, -0.15) is 15.0 Å². The van der Waals surface area contributed by atoms with Crippen LogP contribution in [0.3, 0.4) is 0 Å². The van der Waals surface area contributed by atoms with E-state index in [4.69, 9.17) is 17.3 Å². The van der Waals surface area contributed by atoms with Gasteiger partial charge in [0, 0.05) is 4.88 Å². The number of aromatic nitrogens is 3. The Balaban J connectivity index is 2.07. The fourth-order valence-electron chi connectivity index (χ4n) is 1.19. The second-order valence-corrected chi connectivity index (χ2v) is 4.51. The first-order valence-electron chi connectivity index (χ1n) is 4.59. The van der Waals surface area contributed by atoms with E-state index in [2.05, 4.69) is 33.3 Å². The second kappa shape index (κ2) is 4.63. The topological polar surface area (TPSA) is 76.7 Å². The van der Waals surface area contributed by atoms with Crippen molar-refractivity contribution in [2.75, 3.05) is 11.1 Å². The second-order valence-electron chi connectivity index (χ2n) is 3.17. The van der Waals surface area contributed by atoms with Gasteiger partial charge in [-0.15, -0.1) is 11.3 Å². The molecule has 3 N–H and O–H groups in total. The molecular weight excluding hydrogens is 246 g/mol. The number of nitrogen functional groups attached to an aromatic ring is 1. The van der Waals surface area contributed by atoms with Gasteiger partial charge < -0.3 is 11.1 Å². The molecule has 0 bridgehead atoms. The molecule has 5 nitrogen and oxygen atoms in total. The standard InChI is InChI=1S/C9H10ClN5S/c1-5-2-3-16-6(5)4-12-9-14-7(10)13-8(11)15-9/h2-3H,4H2,1H3,(H3,11,12,13,14,15). The number of hydrogen-bond acceptors (Lipinski definition) is 6. The van der Waals surface area contributed by atoms with Crippen LogP contribution in [0, 0.1) is 6.92 Å². The van der Waals surface area contributed by atoms with Crippen molar-refractivity contribution in [2.45, 2.75) is 13.5 Å². The SMILES string of the molecule is Cc1ccsc1CNc1nc(N)nc(Cl)n1. The van der Waals surface area contributed by atoms with Gasteiger partial charge in [-0.1, -0.05) is 0 Å². The average Bonchev–Trinajstić information content (AvgIpc) is 2.59. The van der Waals surface area contributed by atoms with E-state index in [1.165, 1.54) is 10.4 Å². The third-order valence-corrected chi connectivity index (χ3v) is 3.19. The highest BCUT2D eigenvalue weighted by molar-refractivity contribution is 7.10. The molecule has 2 aromatic heterocycles. The summed E-state index contributed by atoms with van der Waals surface area (Å²) in [5.41, 5.74) is 6.70. The van der Waals surface area contributed by atoms with Crippen molar-refractivity contribution in [3.63, 3.8) is 0 Å². The molecular formula is C9H10ClN5S. The van der Waals surface area contributed by atoms with E-state index in [9.17, 15) is 0 Å². The van der Waals surface area contributed by atoms with Crippen LogP contribution < -0.4 is 11.1 Å². The predicted molar refractivity (Wildman–Crippen MR) is 65.6 cm³/mol. The molecule has 84 valence electrons. The molecule has 0 fully saturated rings. The molecule has 2 aromatic rings. The van der Waals surface area contributed by atoms with Crippen LogP contribution >= 0.6 is 22.9 Å². The minimum absolute atomic E-state index is 0.0953. The van der Waals surface area contributed by atoms with Crippen molar-refractivity contribution in [2.24, 2.45) is 0 Å². The van der Waals surface area contributed by atoms with Crippen LogP contribution in [0.5, 0.6) is 0 Å². The molecule has 0 atom stereocenters. The van der Waals surface area contributed by atoms with Crippen LogP contribution in [-0.2, 0) is 6.54 Å². The lowest BCUT2D eigenvalue weighted by molar-refractivity contribution is 1.02. The number of nitrogens with one attached hydrogen (secondary N) is 1. The number of halogens is 1. The third-order valence-electron chi connectivity index (χ3n) is 2.00. The fraction of sp³-hybridized carbons (Fsp3) is 0.222. The highest BCUT2D eigenvalue weighted by atomic mass is 35.5. The molecule has 0 unspecified atom stereocenters. The van der Waals surface area contributed by atoms with Gasteiger partial charge in [0.2, 0.25) is 17.2 Å². The van der Waals surface area contributed by atoms with Crippen molar-refractivity contribution in [3.8, 4) is 0 Å². The summed E-state index contributed by atoms with van der Waals surface area (Å²) >= 11 is 7.34. The number of thiophene rings is 1. The molecule has 16 heavy (non-hydrogen) atoms. The quantitative estimate of drug-likeness (QED) is 0.878. The van der Waals surface area contributed by atoms with Gasteiger partial charge >= 0.3 is 0 Å². The van der Waals surface area contributed by atoms with Crippen molar-refractivity contribution >= 4 is 34.8 Å². The number of nitrogens with two attached hydrogens (primary N) is 1. The summed E-state index contributed by atoms with van der Waals surface area (Å²) in [6.07, 6.45) is 0. The van der Waals surface area contributed by atoms with Crippen LogP contribution in [0.2, 0.25) is 5.28 Å². The number of aryl methyl sites for hydroxylation is 1. The monoisotopic (exact) mass is 255 g/mol. The largest absolute Gasteiger partial charge is 0.368 e. The predicted octanol–water partition coefficient (Wildman–Crippen LogP) is 2.09. The average molecular weight is 256 g/mol. The first-order valence-corrected chi connectivity index (χ1v) is 5.85. The van der Waals surface area contributed by atoms with Crippen molar-refractivity contribution < 1.29 is 0 Å². The molecule has 0 amide bonds. The summed E-state index contributed by atoms with van der Waals surface area (Å²) in [6.45, 7) is 2.71. The van der Waals surface area contributed by atoms with Crippen LogP contribution in [0.15, 0.2) is 11.4 Å². The van der Waals surface area contributed by atoms with Crippen molar-refractivity contribution in [1.82, 2.24) is 15.0 Å². The normalized spacial score (nSPS) is 10.4. The summed E-state index contributed by atoms with van der Waals surface area (Å²) in [4.78, 5) is 12.8.